The van der Waals surface area contributed by atoms with Crippen LogP contribution in [0.25, 0.3) is 0 Å². The van der Waals surface area contributed by atoms with Crippen molar-refractivity contribution in [2.24, 2.45) is 0 Å². The van der Waals surface area contributed by atoms with Crippen molar-refractivity contribution in [1.82, 2.24) is 31.9 Å². The van der Waals surface area contributed by atoms with E-state index in [0.717, 1.165) is 7.11 Å². The fraction of sp³-hybridized carbons (Fsp3) is 0.781. The number of carbonyl (C=O) groups is 7. The molecule has 0 rings (SSSR count). The first kappa shape index (κ1) is 69.1. The Hall–Kier alpha value is -1.94. The second-order valence-electron chi connectivity index (χ2n) is 10.8. The maximum atomic E-state index is 11.3. The molecule has 7 N–H and O–H groups in total. The number of esters is 6. The van der Waals surface area contributed by atoms with E-state index in [9.17, 15) is 46.5 Å². The summed E-state index contributed by atoms with van der Waals surface area (Å²) in [5, 5.41) is 24.2. The highest BCUT2D eigenvalue weighted by atomic mass is 33.1. The zero-order chi connectivity index (χ0) is 49.3. The van der Waals surface area contributed by atoms with E-state index in [-0.39, 0.29) is 67.2 Å². The van der Waals surface area contributed by atoms with Crippen LogP contribution in [0.3, 0.4) is 0 Å². The number of aliphatic carboxylic acids is 1. The molecule has 0 aromatic heterocycles. The van der Waals surface area contributed by atoms with Crippen molar-refractivity contribution in [3.05, 3.63) is 0 Å². The zero-order valence-corrected chi connectivity index (χ0v) is 42.7. The number of thiol groups is 2. The van der Waals surface area contributed by atoms with Crippen molar-refractivity contribution < 1.29 is 81.5 Å². The molecule has 6 unspecified atom stereocenters. The van der Waals surface area contributed by atoms with Gasteiger partial charge in [0.2, 0.25) is 0 Å². The van der Waals surface area contributed by atoms with Crippen molar-refractivity contribution >= 4 is 120 Å². The van der Waals surface area contributed by atoms with E-state index >= 15 is 0 Å². The van der Waals surface area contributed by atoms with Crippen LogP contribution in [0.15, 0.2) is 0 Å². The number of carboxylic acids is 1. The van der Waals surface area contributed by atoms with Gasteiger partial charge in [-0.3, -0.25) is 33.6 Å². The molecular formula is C32H66N6O17S7. The van der Waals surface area contributed by atoms with Gasteiger partial charge < -0.3 is 70.0 Å². The molecule has 0 aromatic rings. The van der Waals surface area contributed by atoms with E-state index in [0.29, 0.717) is 28.8 Å². The Kier molecular flexibility index (Phi) is 50.8. The summed E-state index contributed by atoms with van der Waals surface area (Å²) in [6.07, 6.45) is 0. The summed E-state index contributed by atoms with van der Waals surface area (Å²) in [7, 11) is 19.4. The molecule has 0 saturated carbocycles. The van der Waals surface area contributed by atoms with Crippen LogP contribution in [0, 0.1) is 0 Å². The van der Waals surface area contributed by atoms with Gasteiger partial charge in [-0.1, -0.05) is 43.2 Å². The number of nitrogens with one attached hydrogen (secondary N) is 6. The van der Waals surface area contributed by atoms with Crippen LogP contribution in [-0.4, -0.2) is 221 Å². The molecule has 0 saturated heterocycles. The number of hydrogen-bond donors (Lipinski definition) is 9. The number of rotatable bonds is 26. The normalized spacial score (nSPS) is 13.1. The molecule has 62 heavy (non-hydrogen) atoms. The molecule has 368 valence electrons. The van der Waals surface area contributed by atoms with Crippen molar-refractivity contribution in [3.8, 4) is 0 Å². The molecule has 0 fully saturated rings. The molecule has 0 aliphatic heterocycles. The lowest BCUT2D eigenvalue weighted by atomic mass is 10.3. The smallest absolute Gasteiger partial charge is 0.748 e. The van der Waals surface area contributed by atoms with Gasteiger partial charge in [0.05, 0.1) is 64.3 Å². The highest BCUT2D eigenvalue weighted by molar-refractivity contribution is 8.77. The lowest BCUT2D eigenvalue weighted by Gasteiger charge is -2.15. The van der Waals surface area contributed by atoms with Gasteiger partial charge in [-0.05, 0) is 42.3 Å². The molecule has 0 radical (unpaired) electrons. The summed E-state index contributed by atoms with van der Waals surface area (Å²) < 4.78 is 57.9. The largest absolute Gasteiger partial charge is 1.00 e. The number of likely N-dealkylation sites (N-methyl/N-ethyl adjacent to an activating group) is 6. The van der Waals surface area contributed by atoms with Gasteiger partial charge in [0.15, 0.2) is 0 Å². The fourth-order valence-electron chi connectivity index (χ4n) is 3.15. The molecule has 23 nitrogen and oxygen atoms in total. The number of carbonyl (C=O) groups excluding carboxylic acids is 6. The second-order valence-corrected chi connectivity index (χ2v) is 18.0. The highest BCUT2D eigenvalue weighted by Gasteiger charge is 2.22. The molecule has 0 aromatic carbocycles. The maximum absolute atomic E-state index is 11.3. The van der Waals surface area contributed by atoms with Gasteiger partial charge >= 0.3 is 43.2 Å². The van der Waals surface area contributed by atoms with E-state index in [2.05, 4.69) is 85.6 Å². The van der Waals surface area contributed by atoms with Gasteiger partial charge in [-0.15, -0.1) is 0 Å². The first-order valence-corrected chi connectivity index (χ1v) is 25.3. The first-order chi connectivity index (χ1) is 29.1. The third-order valence-electron chi connectivity index (χ3n) is 6.80. The van der Waals surface area contributed by atoms with Crippen molar-refractivity contribution in [2.45, 2.75) is 36.3 Å². The SMILES string of the molecule is CNC(CS(=O)(=O)[O-])C(=O)OC.CNC(CS)C(=O)OC.CNC(CSSCC(NC)C(=O)OC)C(=O)OC.CNC(CSSCC(NC)C(=O)OC)C(=O)OC.O=C(O)CS.[H+]. The van der Waals surface area contributed by atoms with E-state index < -0.39 is 33.9 Å². The summed E-state index contributed by atoms with van der Waals surface area (Å²) in [6.45, 7) is 0. The predicted molar refractivity (Wildman–Crippen MR) is 250 cm³/mol. The minimum Gasteiger partial charge on any atom is -0.748 e. The third-order valence-corrected chi connectivity index (χ3v) is 13.0. The summed E-state index contributed by atoms with van der Waals surface area (Å²) in [5.74, 6) is -1.19. The van der Waals surface area contributed by atoms with Gasteiger partial charge in [-0.25, -0.2) is 8.42 Å². The maximum Gasteiger partial charge on any atom is 1.00 e. The summed E-state index contributed by atoms with van der Waals surface area (Å²) in [4.78, 5) is 75.8. The van der Waals surface area contributed by atoms with Crippen LogP contribution in [0.1, 0.15) is 1.43 Å². The van der Waals surface area contributed by atoms with Crippen LogP contribution < -0.4 is 31.9 Å². The van der Waals surface area contributed by atoms with E-state index in [1.54, 1.807) is 35.2 Å². The van der Waals surface area contributed by atoms with Crippen LogP contribution in [0.5, 0.6) is 0 Å². The Bertz CT molecular complexity index is 1250. The van der Waals surface area contributed by atoms with Crippen molar-refractivity contribution in [1.29, 1.82) is 0 Å². The van der Waals surface area contributed by atoms with E-state index in [1.807, 2.05) is 0 Å². The first-order valence-electron chi connectivity index (χ1n) is 17.5. The summed E-state index contributed by atoms with van der Waals surface area (Å²) >= 11 is 7.34. The third kappa shape index (κ3) is 39.6. The van der Waals surface area contributed by atoms with Crippen LogP contribution in [0.2, 0.25) is 0 Å². The number of ether oxygens (including phenoxy) is 6. The van der Waals surface area contributed by atoms with Gasteiger partial charge in [-0.2, -0.15) is 25.3 Å². The molecule has 0 amide bonds. The molecule has 0 spiro atoms. The molecule has 6 atom stereocenters. The zero-order valence-electron chi connectivity index (χ0n) is 37.8. The Balaban J connectivity index is -0.000000169. The summed E-state index contributed by atoms with van der Waals surface area (Å²) in [5.41, 5.74) is 0. The monoisotopic (exact) mass is 1030 g/mol. The Morgan fingerprint density at radius 1 is 0.500 bits per heavy atom. The average Bonchev–Trinajstić information content (AvgIpc) is 3.27. The molecule has 30 heteroatoms. The minimum atomic E-state index is -4.40. The predicted octanol–water partition coefficient (Wildman–Crippen LogP) is -2.14. The number of carboxylic acid groups (broad SMARTS) is 1. The van der Waals surface area contributed by atoms with Crippen LogP contribution in [0.4, 0.5) is 0 Å². The average molecular weight is 1030 g/mol. The minimum absolute atomic E-state index is 0. The number of methoxy groups -OCH3 is 6. The summed E-state index contributed by atoms with van der Waals surface area (Å²) in [6, 6.07) is -2.70. The molecule has 0 aliphatic carbocycles. The lowest BCUT2D eigenvalue weighted by Crippen LogP contribution is -2.40. The van der Waals surface area contributed by atoms with Gasteiger partial charge in [0, 0.05) is 28.8 Å². The van der Waals surface area contributed by atoms with Crippen molar-refractivity contribution in [3.63, 3.8) is 0 Å². The molecule has 0 bridgehead atoms. The van der Waals surface area contributed by atoms with Crippen LogP contribution in [-0.2, 0) is 72.1 Å². The highest BCUT2D eigenvalue weighted by Crippen LogP contribution is 2.24. The van der Waals surface area contributed by atoms with Crippen LogP contribution >= 0.6 is 68.4 Å². The molecular weight excluding hydrogens is 965 g/mol. The molecule has 0 heterocycles. The standard InChI is InChI=1S/2C10H20N2O4S2.C5H11NO5S.C5H11NO2S.C2H4O2S/c2*1-11-7(9(13)15-3)5-17-18-6-8(12-2)10(14)16-4;1-6-4(5(7)11-2)3-12(8,9)10;1-6-4(3-9)5(7)8-2;3-2(4)1-5/h2*7-8,11-12H,5-6H2,1-4H3;4,6H,3H2,1-2H3,(H,8,9,10);4,6,9H,3H2,1-2H3;5H,1H2,(H,3,4). The van der Waals surface area contributed by atoms with Crippen molar-refractivity contribution in [2.75, 3.05) is 125 Å². The fourth-order valence-corrected chi connectivity index (χ4v) is 9.12. The Morgan fingerprint density at radius 3 is 0.823 bits per heavy atom. The van der Waals surface area contributed by atoms with E-state index in [1.165, 1.54) is 85.8 Å². The number of hydrogen-bond acceptors (Lipinski definition) is 28. The quantitative estimate of drug-likeness (QED) is 0.0112. The van der Waals surface area contributed by atoms with E-state index in [4.69, 9.17) is 5.11 Å². The second kappa shape index (κ2) is 45.6. The van der Waals surface area contributed by atoms with Gasteiger partial charge in [0.25, 0.3) is 0 Å². The molecule has 0 aliphatic rings. The Labute approximate surface area is 393 Å². The van der Waals surface area contributed by atoms with Gasteiger partial charge in [0.1, 0.15) is 36.3 Å². The lowest BCUT2D eigenvalue weighted by molar-refractivity contribution is -0.143. The topological polar surface area (TPSA) is 324 Å². The Morgan fingerprint density at radius 2 is 0.694 bits per heavy atom.